The first-order valence-electron chi connectivity index (χ1n) is 7.61. The third-order valence-corrected chi connectivity index (χ3v) is 4.15. The maximum Gasteiger partial charge on any atom is 0.219 e. The smallest absolute Gasteiger partial charge is 0.219 e. The van der Waals surface area contributed by atoms with E-state index in [9.17, 15) is 4.39 Å². The quantitative estimate of drug-likeness (QED) is 0.891. The second kappa shape index (κ2) is 6.29. The summed E-state index contributed by atoms with van der Waals surface area (Å²) in [7, 11) is 0. The summed E-state index contributed by atoms with van der Waals surface area (Å²) in [5.41, 5.74) is 3.30. The molecule has 1 aromatic heterocycles. The second-order valence-electron chi connectivity index (χ2n) is 5.50. The number of rotatable bonds is 4. The van der Waals surface area contributed by atoms with Gasteiger partial charge in [0.15, 0.2) is 0 Å². The van der Waals surface area contributed by atoms with Crippen LogP contribution in [-0.2, 0) is 0 Å². The van der Waals surface area contributed by atoms with E-state index in [1.807, 2.05) is 13.0 Å². The van der Waals surface area contributed by atoms with Gasteiger partial charge in [-0.05, 0) is 31.9 Å². The first-order valence-corrected chi connectivity index (χ1v) is 7.61. The van der Waals surface area contributed by atoms with Crippen molar-refractivity contribution < 1.29 is 4.39 Å². The van der Waals surface area contributed by atoms with Gasteiger partial charge in [-0.3, -0.25) is 5.10 Å². The average molecular weight is 304 g/mol. The Bertz CT molecular complexity index is 604. The lowest BCUT2D eigenvalue weighted by atomic mass is 9.86. The minimum Gasteiger partial charge on any atom is -0.357 e. The van der Waals surface area contributed by atoms with Crippen LogP contribution in [0.5, 0.6) is 0 Å². The molecule has 2 aliphatic rings. The number of alkyl halides is 1. The van der Waals surface area contributed by atoms with Crippen molar-refractivity contribution in [3.8, 4) is 0 Å². The molecule has 2 N–H and O–H groups in total. The van der Waals surface area contributed by atoms with Crippen LogP contribution in [0.3, 0.4) is 0 Å². The van der Waals surface area contributed by atoms with Crippen LogP contribution in [0.15, 0.2) is 28.4 Å². The third kappa shape index (κ3) is 2.75. The first-order chi connectivity index (χ1) is 10.7. The van der Waals surface area contributed by atoms with Gasteiger partial charge in [0.2, 0.25) is 5.96 Å². The van der Waals surface area contributed by atoms with E-state index in [-0.39, 0.29) is 18.6 Å². The fourth-order valence-corrected chi connectivity index (χ4v) is 3.02. The van der Waals surface area contributed by atoms with Gasteiger partial charge in [0.05, 0.1) is 12.2 Å². The number of aliphatic imine (C=N–C) groups is 2. The summed E-state index contributed by atoms with van der Waals surface area (Å²) < 4.78 is 12.3. The molecule has 0 aliphatic carbocycles. The van der Waals surface area contributed by atoms with Gasteiger partial charge >= 0.3 is 0 Å². The van der Waals surface area contributed by atoms with Crippen LogP contribution in [0.1, 0.15) is 26.0 Å². The van der Waals surface area contributed by atoms with Crippen LogP contribution in [0.4, 0.5) is 4.39 Å². The number of nitrogens with one attached hydrogen (secondary N) is 2. The lowest BCUT2D eigenvalue weighted by molar-refractivity contribution is 0.212. The molecule has 0 radical (unpaired) electrons. The molecule has 2 unspecified atom stereocenters. The summed E-state index contributed by atoms with van der Waals surface area (Å²) in [5.74, 6) is 0.806. The predicted molar refractivity (Wildman–Crippen MR) is 85.4 cm³/mol. The highest BCUT2D eigenvalue weighted by Crippen LogP contribution is 2.32. The molecular formula is C15H21FN6. The molecule has 3 rings (SSSR count). The molecule has 1 aromatic rings. The van der Waals surface area contributed by atoms with E-state index >= 15 is 0 Å². The fourth-order valence-electron chi connectivity index (χ4n) is 3.02. The average Bonchev–Trinajstić information content (AvgIpc) is 3.06. The number of aromatic nitrogens is 2. The molecule has 0 amide bonds. The Kier molecular flexibility index (Phi) is 4.22. The Labute approximate surface area is 129 Å². The standard InChI is InChI=1S/C15H21FN6/c1-3-22-9-11(13-4-6-18-21-13)8-12-10(2)19-15(17-7-5-16)20-14(12)22/h4,6,9,12,14H,3,5,7-8H2,1-2H3,(H,17,20)(H,18,21). The Hall–Kier alpha value is -2.18. The molecule has 0 spiro atoms. The number of fused-ring (bicyclic) bond motifs is 1. The molecule has 0 saturated heterocycles. The minimum absolute atomic E-state index is 0.118. The van der Waals surface area contributed by atoms with Crippen LogP contribution >= 0.6 is 0 Å². The summed E-state index contributed by atoms with van der Waals surface area (Å²) >= 11 is 0. The van der Waals surface area contributed by atoms with Gasteiger partial charge in [0.1, 0.15) is 12.8 Å². The number of halogens is 1. The largest absolute Gasteiger partial charge is 0.357 e. The number of aromatic amines is 1. The molecular weight excluding hydrogens is 283 g/mol. The first kappa shape index (κ1) is 14.7. The zero-order valence-electron chi connectivity index (χ0n) is 12.9. The topological polar surface area (TPSA) is 68.7 Å². The molecule has 22 heavy (non-hydrogen) atoms. The van der Waals surface area contributed by atoms with Gasteiger partial charge in [0.25, 0.3) is 0 Å². The lowest BCUT2D eigenvalue weighted by Crippen LogP contribution is -2.56. The zero-order valence-corrected chi connectivity index (χ0v) is 12.9. The van der Waals surface area contributed by atoms with Crippen LogP contribution in [0, 0.1) is 5.92 Å². The van der Waals surface area contributed by atoms with Crippen molar-refractivity contribution in [1.29, 1.82) is 0 Å². The van der Waals surface area contributed by atoms with Gasteiger partial charge in [-0.15, -0.1) is 0 Å². The Balaban J connectivity index is 1.89. The summed E-state index contributed by atoms with van der Waals surface area (Å²) in [6.07, 6.45) is 4.93. The van der Waals surface area contributed by atoms with Gasteiger partial charge in [0, 0.05) is 30.6 Å². The molecule has 2 atom stereocenters. The molecule has 0 saturated carbocycles. The fraction of sp³-hybridized carbons (Fsp3) is 0.533. The summed E-state index contributed by atoms with van der Waals surface area (Å²) in [5, 5.41) is 10.4. The molecule has 0 fully saturated rings. The highest BCUT2D eigenvalue weighted by molar-refractivity contribution is 6.01. The maximum atomic E-state index is 12.3. The van der Waals surface area contributed by atoms with E-state index < -0.39 is 6.67 Å². The lowest BCUT2D eigenvalue weighted by Gasteiger charge is -2.43. The van der Waals surface area contributed by atoms with Crippen molar-refractivity contribution in [2.45, 2.75) is 26.4 Å². The molecule has 3 heterocycles. The Morgan fingerprint density at radius 2 is 2.36 bits per heavy atom. The van der Waals surface area contributed by atoms with Crippen molar-refractivity contribution in [3.05, 3.63) is 24.2 Å². The number of hydrogen-bond donors (Lipinski definition) is 2. The molecule has 0 aromatic carbocycles. The molecule has 2 aliphatic heterocycles. The number of guanidine groups is 1. The van der Waals surface area contributed by atoms with E-state index in [0.717, 1.165) is 24.4 Å². The number of hydrogen-bond acceptors (Lipinski definition) is 3. The molecule has 6 nitrogen and oxygen atoms in total. The summed E-state index contributed by atoms with van der Waals surface area (Å²) in [6.45, 7) is 4.69. The maximum absolute atomic E-state index is 12.3. The van der Waals surface area contributed by atoms with Crippen molar-refractivity contribution in [3.63, 3.8) is 0 Å². The van der Waals surface area contributed by atoms with Crippen LogP contribution in [-0.4, -0.2) is 52.7 Å². The highest BCUT2D eigenvalue weighted by atomic mass is 19.1. The highest BCUT2D eigenvalue weighted by Gasteiger charge is 2.36. The number of H-pyrrole nitrogens is 1. The Morgan fingerprint density at radius 3 is 3.05 bits per heavy atom. The van der Waals surface area contributed by atoms with Crippen molar-refractivity contribution in [1.82, 2.24) is 20.4 Å². The van der Waals surface area contributed by atoms with Crippen LogP contribution in [0.25, 0.3) is 5.57 Å². The number of nitrogens with zero attached hydrogens (tertiary/aromatic N) is 4. The van der Waals surface area contributed by atoms with E-state index in [1.165, 1.54) is 5.57 Å². The van der Waals surface area contributed by atoms with Crippen molar-refractivity contribution in [2.75, 3.05) is 19.8 Å². The van der Waals surface area contributed by atoms with E-state index in [1.54, 1.807) is 6.20 Å². The summed E-state index contributed by atoms with van der Waals surface area (Å²) in [4.78, 5) is 10.9. The van der Waals surface area contributed by atoms with Crippen LogP contribution in [0.2, 0.25) is 0 Å². The van der Waals surface area contributed by atoms with E-state index in [2.05, 4.69) is 43.5 Å². The molecule has 0 bridgehead atoms. The van der Waals surface area contributed by atoms with Gasteiger partial charge in [-0.1, -0.05) is 0 Å². The van der Waals surface area contributed by atoms with E-state index in [4.69, 9.17) is 0 Å². The SMILES string of the molecule is CCN1C=C(c2ccn[nH]2)CC2C(C)=NC(=NCCF)NC21. The molecule has 118 valence electrons. The van der Waals surface area contributed by atoms with Gasteiger partial charge in [-0.2, -0.15) is 5.10 Å². The van der Waals surface area contributed by atoms with Crippen molar-refractivity contribution >= 4 is 17.2 Å². The molecule has 7 heteroatoms. The minimum atomic E-state index is -0.463. The van der Waals surface area contributed by atoms with Crippen molar-refractivity contribution in [2.24, 2.45) is 15.9 Å². The zero-order chi connectivity index (χ0) is 15.5. The second-order valence-corrected chi connectivity index (χ2v) is 5.50. The van der Waals surface area contributed by atoms with Gasteiger partial charge in [-0.25, -0.2) is 14.4 Å². The Morgan fingerprint density at radius 1 is 1.50 bits per heavy atom. The number of allylic oxidation sites excluding steroid dienone is 1. The monoisotopic (exact) mass is 304 g/mol. The van der Waals surface area contributed by atoms with E-state index in [0.29, 0.717) is 5.96 Å². The normalized spacial score (nSPS) is 26.3. The van der Waals surface area contributed by atoms with Crippen LogP contribution < -0.4 is 5.32 Å². The van der Waals surface area contributed by atoms with Gasteiger partial charge < -0.3 is 10.2 Å². The summed E-state index contributed by atoms with van der Waals surface area (Å²) in [6, 6.07) is 1.98. The third-order valence-electron chi connectivity index (χ3n) is 4.15. The predicted octanol–water partition coefficient (Wildman–Crippen LogP) is 1.81.